The third kappa shape index (κ3) is 3.26. The summed E-state index contributed by atoms with van der Waals surface area (Å²) >= 11 is 0. The number of hydrogen-bond acceptors (Lipinski definition) is 4. The van der Waals surface area contributed by atoms with E-state index in [9.17, 15) is 0 Å². The van der Waals surface area contributed by atoms with Crippen molar-refractivity contribution >= 4 is 11.6 Å². The SMILES string of the molecule is Cc1cccc(CCNc2cc(N)nc(C3CC3)n2)c1. The molecule has 0 aliphatic heterocycles. The first-order valence-corrected chi connectivity index (χ1v) is 7.14. The Bertz CT molecular complexity index is 605. The number of nitrogens with two attached hydrogens (primary N) is 1. The molecule has 4 nitrogen and oxygen atoms in total. The number of nitrogens with one attached hydrogen (secondary N) is 1. The summed E-state index contributed by atoms with van der Waals surface area (Å²) in [7, 11) is 0. The maximum atomic E-state index is 5.84. The summed E-state index contributed by atoms with van der Waals surface area (Å²) < 4.78 is 0. The summed E-state index contributed by atoms with van der Waals surface area (Å²) in [6.45, 7) is 2.97. The van der Waals surface area contributed by atoms with Crippen LogP contribution in [0.1, 0.15) is 35.7 Å². The topological polar surface area (TPSA) is 63.8 Å². The fraction of sp³-hybridized carbons (Fsp3) is 0.375. The van der Waals surface area contributed by atoms with Crippen LogP contribution in [0.3, 0.4) is 0 Å². The maximum absolute atomic E-state index is 5.84. The van der Waals surface area contributed by atoms with Crippen molar-refractivity contribution in [2.24, 2.45) is 0 Å². The van der Waals surface area contributed by atoms with Crippen LogP contribution in [0.4, 0.5) is 11.6 Å². The van der Waals surface area contributed by atoms with Gasteiger partial charge in [0.25, 0.3) is 0 Å². The van der Waals surface area contributed by atoms with E-state index in [1.165, 1.54) is 24.0 Å². The quantitative estimate of drug-likeness (QED) is 0.875. The number of aryl methyl sites for hydroxylation is 1. The third-order valence-corrected chi connectivity index (χ3v) is 3.51. The average Bonchev–Trinajstić information content (AvgIpc) is 3.22. The molecule has 1 aliphatic carbocycles. The van der Waals surface area contributed by atoms with Gasteiger partial charge in [0.2, 0.25) is 0 Å². The Morgan fingerprint density at radius 1 is 1.25 bits per heavy atom. The van der Waals surface area contributed by atoms with Crippen molar-refractivity contribution in [1.29, 1.82) is 0 Å². The summed E-state index contributed by atoms with van der Waals surface area (Å²) in [5.41, 5.74) is 8.47. The molecule has 20 heavy (non-hydrogen) atoms. The van der Waals surface area contributed by atoms with E-state index in [4.69, 9.17) is 5.73 Å². The number of hydrogen-bond donors (Lipinski definition) is 2. The number of anilines is 2. The van der Waals surface area contributed by atoms with Gasteiger partial charge in [-0.3, -0.25) is 0 Å². The van der Waals surface area contributed by atoms with Crippen molar-refractivity contribution in [3.63, 3.8) is 0 Å². The van der Waals surface area contributed by atoms with Gasteiger partial charge in [0.15, 0.2) is 0 Å². The molecule has 104 valence electrons. The van der Waals surface area contributed by atoms with Gasteiger partial charge in [0, 0.05) is 18.5 Å². The van der Waals surface area contributed by atoms with Gasteiger partial charge in [-0.25, -0.2) is 9.97 Å². The zero-order valence-corrected chi connectivity index (χ0v) is 11.8. The molecule has 0 bridgehead atoms. The molecule has 0 unspecified atom stereocenters. The normalized spacial score (nSPS) is 14.2. The maximum Gasteiger partial charge on any atom is 0.136 e. The minimum absolute atomic E-state index is 0.524. The number of aromatic nitrogens is 2. The minimum Gasteiger partial charge on any atom is -0.384 e. The summed E-state index contributed by atoms with van der Waals surface area (Å²) in [5.74, 6) is 2.81. The molecule has 0 atom stereocenters. The van der Waals surface area contributed by atoms with Gasteiger partial charge >= 0.3 is 0 Å². The van der Waals surface area contributed by atoms with Crippen LogP contribution < -0.4 is 11.1 Å². The first kappa shape index (κ1) is 12.9. The van der Waals surface area contributed by atoms with E-state index >= 15 is 0 Å². The first-order valence-electron chi connectivity index (χ1n) is 7.14. The fourth-order valence-electron chi connectivity index (χ4n) is 2.30. The molecule has 1 aromatic carbocycles. The molecule has 0 saturated heterocycles. The molecule has 1 aliphatic rings. The van der Waals surface area contributed by atoms with E-state index in [1.807, 2.05) is 6.07 Å². The molecule has 1 fully saturated rings. The van der Waals surface area contributed by atoms with Crippen molar-refractivity contribution in [2.45, 2.75) is 32.1 Å². The number of nitrogens with zero attached hydrogens (tertiary/aromatic N) is 2. The zero-order chi connectivity index (χ0) is 13.9. The van der Waals surface area contributed by atoms with Crippen LogP contribution >= 0.6 is 0 Å². The highest BCUT2D eigenvalue weighted by Gasteiger charge is 2.27. The largest absolute Gasteiger partial charge is 0.384 e. The summed E-state index contributed by atoms with van der Waals surface area (Å²) in [5, 5.41) is 3.35. The van der Waals surface area contributed by atoms with Gasteiger partial charge < -0.3 is 11.1 Å². The van der Waals surface area contributed by atoms with Gasteiger partial charge in [-0.15, -0.1) is 0 Å². The lowest BCUT2D eigenvalue weighted by Gasteiger charge is -2.08. The Kier molecular flexibility index (Phi) is 3.54. The molecule has 3 N–H and O–H groups in total. The Hall–Kier alpha value is -2.10. The fourth-order valence-corrected chi connectivity index (χ4v) is 2.30. The molecule has 1 saturated carbocycles. The summed E-state index contributed by atoms with van der Waals surface area (Å²) in [4.78, 5) is 8.84. The van der Waals surface area contributed by atoms with E-state index in [1.54, 1.807) is 0 Å². The van der Waals surface area contributed by atoms with Crippen molar-refractivity contribution in [2.75, 3.05) is 17.6 Å². The van der Waals surface area contributed by atoms with Crippen LogP contribution in [0.5, 0.6) is 0 Å². The predicted molar refractivity (Wildman–Crippen MR) is 81.8 cm³/mol. The molecular weight excluding hydrogens is 248 g/mol. The van der Waals surface area contributed by atoms with Gasteiger partial charge in [0.1, 0.15) is 17.5 Å². The smallest absolute Gasteiger partial charge is 0.136 e. The third-order valence-electron chi connectivity index (χ3n) is 3.51. The van der Waals surface area contributed by atoms with E-state index in [0.717, 1.165) is 24.6 Å². The van der Waals surface area contributed by atoms with Crippen LogP contribution in [0.15, 0.2) is 30.3 Å². The van der Waals surface area contributed by atoms with Crippen LogP contribution in [0.2, 0.25) is 0 Å². The van der Waals surface area contributed by atoms with Crippen molar-refractivity contribution in [1.82, 2.24) is 9.97 Å². The Labute approximate surface area is 119 Å². The van der Waals surface area contributed by atoms with Crippen molar-refractivity contribution in [3.8, 4) is 0 Å². The monoisotopic (exact) mass is 268 g/mol. The number of rotatable bonds is 5. The molecule has 3 rings (SSSR count). The Balaban J connectivity index is 1.60. The van der Waals surface area contributed by atoms with Gasteiger partial charge in [-0.2, -0.15) is 0 Å². The molecule has 0 spiro atoms. The van der Waals surface area contributed by atoms with Gasteiger partial charge in [-0.05, 0) is 31.7 Å². The highest BCUT2D eigenvalue weighted by molar-refractivity contribution is 5.45. The molecule has 1 heterocycles. The van der Waals surface area contributed by atoms with E-state index < -0.39 is 0 Å². The highest BCUT2D eigenvalue weighted by Crippen LogP contribution is 2.38. The molecular formula is C16H20N4. The average molecular weight is 268 g/mol. The Morgan fingerprint density at radius 3 is 2.85 bits per heavy atom. The second-order valence-electron chi connectivity index (χ2n) is 5.48. The summed E-state index contributed by atoms with van der Waals surface area (Å²) in [6.07, 6.45) is 3.35. The number of nitrogen functional groups attached to an aromatic ring is 1. The van der Waals surface area contributed by atoms with E-state index in [0.29, 0.717) is 11.7 Å². The number of benzene rings is 1. The lowest BCUT2D eigenvalue weighted by Crippen LogP contribution is -2.09. The molecule has 2 aromatic rings. The second kappa shape index (κ2) is 5.49. The van der Waals surface area contributed by atoms with Gasteiger partial charge in [-0.1, -0.05) is 29.8 Å². The van der Waals surface area contributed by atoms with Crippen LogP contribution in [-0.4, -0.2) is 16.5 Å². The van der Waals surface area contributed by atoms with Crippen molar-refractivity contribution < 1.29 is 0 Å². The standard InChI is InChI=1S/C16H20N4/c1-11-3-2-4-12(9-11)7-8-18-15-10-14(17)19-16(20-15)13-5-6-13/h2-4,9-10,13H,5-8H2,1H3,(H3,17,18,19,20). The van der Waals surface area contributed by atoms with E-state index in [-0.39, 0.29) is 0 Å². The van der Waals surface area contributed by atoms with Gasteiger partial charge in [0.05, 0.1) is 0 Å². The lowest BCUT2D eigenvalue weighted by atomic mass is 10.1. The van der Waals surface area contributed by atoms with E-state index in [2.05, 4.69) is 46.5 Å². The van der Waals surface area contributed by atoms with Crippen LogP contribution in [0.25, 0.3) is 0 Å². The van der Waals surface area contributed by atoms with Crippen LogP contribution in [0, 0.1) is 6.92 Å². The lowest BCUT2D eigenvalue weighted by molar-refractivity contribution is 0.919. The second-order valence-corrected chi connectivity index (χ2v) is 5.48. The van der Waals surface area contributed by atoms with Crippen LogP contribution in [-0.2, 0) is 6.42 Å². The molecule has 4 heteroatoms. The predicted octanol–water partition coefficient (Wildman–Crippen LogP) is 2.90. The Morgan fingerprint density at radius 2 is 2.10 bits per heavy atom. The molecule has 0 amide bonds. The molecule has 1 aromatic heterocycles. The first-order chi connectivity index (χ1) is 9.70. The highest BCUT2D eigenvalue weighted by atomic mass is 15.1. The van der Waals surface area contributed by atoms with Crippen molar-refractivity contribution in [3.05, 3.63) is 47.3 Å². The summed E-state index contributed by atoms with van der Waals surface area (Å²) in [6, 6.07) is 10.4. The molecule has 0 radical (unpaired) electrons. The zero-order valence-electron chi connectivity index (χ0n) is 11.8. The minimum atomic E-state index is 0.524.